The highest BCUT2D eigenvalue weighted by Crippen LogP contribution is 2.26. The van der Waals surface area contributed by atoms with E-state index < -0.39 is 11.7 Å². The summed E-state index contributed by atoms with van der Waals surface area (Å²) >= 11 is 0. The summed E-state index contributed by atoms with van der Waals surface area (Å²) in [5.74, 6) is -0.869. The molecule has 0 bridgehead atoms. The molecule has 0 aromatic heterocycles. The number of amides is 1. The third-order valence-electron chi connectivity index (χ3n) is 2.95. The Bertz CT molecular complexity index is 633. The third-order valence-corrected chi connectivity index (χ3v) is 2.95. The monoisotopic (exact) mass is 273 g/mol. The van der Waals surface area contributed by atoms with Crippen LogP contribution in [0.1, 0.15) is 22.8 Å². The second-order valence-corrected chi connectivity index (χ2v) is 4.61. The molecule has 0 aliphatic rings. The van der Waals surface area contributed by atoms with E-state index in [1.807, 2.05) is 13.0 Å². The predicted octanol–water partition coefficient (Wildman–Crippen LogP) is 3.26. The molecule has 2 aromatic rings. The van der Waals surface area contributed by atoms with Crippen molar-refractivity contribution < 1.29 is 14.3 Å². The minimum Gasteiger partial charge on any atom is -0.508 e. The number of phenols is 1. The number of carbonyl (C=O) groups excluding carboxylic acids is 1. The van der Waals surface area contributed by atoms with E-state index in [1.54, 1.807) is 25.1 Å². The van der Waals surface area contributed by atoms with Gasteiger partial charge >= 0.3 is 0 Å². The minimum atomic E-state index is -0.575. The van der Waals surface area contributed by atoms with E-state index in [2.05, 4.69) is 5.32 Å². The molecule has 4 heteroatoms. The van der Waals surface area contributed by atoms with Crippen molar-refractivity contribution in [3.05, 3.63) is 53.3 Å². The zero-order valence-electron chi connectivity index (χ0n) is 11.4. The summed E-state index contributed by atoms with van der Waals surface area (Å²) in [6.07, 6.45) is 0. The summed E-state index contributed by atoms with van der Waals surface area (Å²) in [7, 11) is 0. The van der Waals surface area contributed by atoms with Gasteiger partial charge in [-0.1, -0.05) is 12.1 Å². The molecule has 1 amide bonds. The molecule has 2 rings (SSSR count). The van der Waals surface area contributed by atoms with Crippen LogP contribution in [0.2, 0.25) is 0 Å². The Balaban J connectivity index is 2.40. The lowest BCUT2D eigenvalue weighted by atomic mass is 10.0. The Hall–Kier alpha value is -2.36. The van der Waals surface area contributed by atoms with Crippen LogP contribution in [-0.2, 0) is 0 Å². The highest BCUT2D eigenvalue weighted by Gasteiger charge is 2.12. The van der Waals surface area contributed by atoms with E-state index in [9.17, 15) is 14.3 Å². The molecule has 2 N–H and O–H groups in total. The van der Waals surface area contributed by atoms with Gasteiger partial charge in [-0.2, -0.15) is 0 Å². The molecule has 104 valence electrons. The molecular weight excluding hydrogens is 257 g/mol. The number of phenolic OH excluding ortho intramolecular Hbond substituents is 1. The van der Waals surface area contributed by atoms with Crippen molar-refractivity contribution in [1.82, 2.24) is 5.32 Å². The molecule has 2 aromatic carbocycles. The van der Waals surface area contributed by atoms with E-state index in [4.69, 9.17) is 0 Å². The van der Waals surface area contributed by atoms with Crippen molar-refractivity contribution in [2.24, 2.45) is 0 Å². The number of nitrogens with one attached hydrogen (secondary N) is 1. The number of rotatable bonds is 3. The average molecular weight is 273 g/mol. The van der Waals surface area contributed by atoms with Gasteiger partial charge in [0.2, 0.25) is 0 Å². The normalized spacial score (nSPS) is 10.3. The molecule has 0 spiro atoms. The number of carbonyl (C=O) groups is 1. The van der Waals surface area contributed by atoms with E-state index in [0.717, 1.165) is 5.56 Å². The lowest BCUT2D eigenvalue weighted by Crippen LogP contribution is -2.23. The van der Waals surface area contributed by atoms with E-state index in [-0.39, 0.29) is 11.3 Å². The van der Waals surface area contributed by atoms with Gasteiger partial charge in [0.15, 0.2) is 0 Å². The summed E-state index contributed by atoms with van der Waals surface area (Å²) < 4.78 is 14.0. The van der Waals surface area contributed by atoms with Gasteiger partial charge in [-0.3, -0.25) is 4.79 Å². The van der Waals surface area contributed by atoms with Gasteiger partial charge in [-0.15, -0.1) is 0 Å². The Morgan fingerprint density at radius 1 is 1.20 bits per heavy atom. The highest BCUT2D eigenvalue weighted by atomic mass is 19.1. The summed E-state index contributed by atoms with van der Waals surface area (Å²) in [4.78, 5) is 11.6. The van der Waals surface area contributed by atoms with Gasteiger partial charge in [0.1, 0.15) is 11.6 Å². The predicted molar refractivity (Wildman–Crippen MR) is 76.2 cm³/mol. The van der Waals surface area contributed by atoms with E-state index >= 15 is 0 Å². The smallest absolute Gasteiger partial charge is 0.254 e. The molecule has 0 saturated heterocycles. The van der Waals surface area contributed by atoms with Crippen LogP contribution in [0.5, 0.6) is 5.75 Å². The van der Waals surface area contributed by atoms with Crippen molar-refractivity contribution in [2.45, 2.75) is 13.8 Å². The third kappa shape index (κ3) is 2.96. The van der Waals surface area contributed by atoms with Crippen molar-refractivity contribution in [1.29, 1.82) is 0 Å². The first-order valence-electron chi connectivity index (χ1n) is 6.40. The van der Waals surface area contributed by atoms with Crippen LogP contribution in [0.3, 0.4) is 0 Å². The SMILES string of the molecule is CCNC(=O)c1ccc(-c2cc(C)cc(O)c2)cc1F. The van der Waals surface area contributed by atoms with Gasteiger partial charge in [0.05, 0.1) is 5.56 Å². The van der Waals surface area contributed by atoms with Crippen molar-refractivity contribution >= 4 is 5.91 Å². The van der Waals surface area contributed by atoms with Crippen LogP contribution < -0.4 is 5.32 Å². The Kier molecular flexibility index (Phi) is 4.03. The number of aryl methyl sites for hydroxylation is 1. The van der Waals surface area contributed by atoms with Crippen LogP contribution >= 0.6 is 0 Å². The van der Waals surface area contributed by atoms with Gasteiger partial charge in [-0.05, 0) is 54.8 Å². The van der Waals surface area contributed by atoms with Gasteiger partial charge in [0, 0.05) is 6.54 Å². The van der Waals surface area contributed by atoms with Crippen LogP contribution in [0.15, 0.2) is 36.4 Å². The molecule has 0 fully saturated rings. The average Bonchev–Trinajstić information content (AvgIpc) is 2.37. The van der Waals surface area contributed by atoms with Crippen LogP contribution in [0.4, 0.5) is 4.39 Å². The zero-order chi connectivity index (χ0) is 14.7. The fourth-order valence-electron chi connectivity index (χ4n) is 2.06. The fourth-order valence-corrected chi connectivity index (χ4v) is 2.06. The maximum Gasteiger partial charge on any atom is 0.254 e. The maximum atomic E-state index is 14.0. The first-order valence-corrected chi connectivity index (χ1v) is 6.40. The topological polar surface area (TPSA) is 49.3 Å². The zero-order valence-corrected chi connectivity index (χ0v) is 11.4. The summed E-state index contributed by atoms with van der Waals surface area (Å²) in [6, 6.07) is 9.46. The molecule has 0 aliphatic heterocycles. The standard InChI is InChI=1S/C16H16FNO2/c1-3-18-16(20)14-5-4-11(9-15(14)17)12-6-10(2)7-13(19)8-12/h4-9,19H,3H2,1-2H3,(H,18,20). The number of hydrogen-bond donors (Lipinski definition) is 2. The molecular formula is C16H16FNO2. The first-order chi connectivity index (χ1) is 9.51. The molecule has 3 nitrogen and oxygen atoms in total. The van der Waals surface area contributed by atoms with Crippen LogP contribution in [-0.4, -0.2) is 17.6 Å². The van der Waals surface area contributed by atoms with Crippen molar-refractivity contribution in [3.63, 3.8) is 0 Å². The van der Waals surface area contributed by atoms with Gasteiger partial charge in [0.25, 0.3) is 5.91 Å². The largest absolute Gasteiger partial charge is 0.508 e. The molecule has 0 atom stereocenters. The van der Waals surface area contributed by atoms with Crippen LogP contribution in [0, 0.1) is 12.7 Å². The Morgan fingerprint density at radius 2 is 1.95 bits per heavy atom. The Morgan fingerprint density at radius 3 is 2.55 bits per heavy atom. The quantitative estimate of drug-likeness (QED) is 0.901. The molecule has 20 heavy (non-hydrogen) atoms. The maximum absolute atomic E-state index is 14.0. The van der Waals surface area contributed by atoms with Crippen molar-refractivity contribution in [3.8, 4) is 16.9 Å². The summed E-state index contributed by atoms with van der Waals surface area (Å²) in [5, 5.41) is 12.1. The number of halogens is 1. The minimum absolute atomic E-state index is 0.0208. The second-order valence-electron chi connectivity index (χ2n) is 4.61. The Labute approximate surface area is 117 Å². The van der Waals surface area contributed by atoms with Gasteiger partial charge in [-0.25, -0.2) is 4.39 Å². The van der Waals surface area contributed by atoms with Crippen LogP contribution in [0.25, 0.3) is 11.1 Å². The number of benzene rings is 2. The lowest BCUT2D eigenvalue weighted by molar-refractivity contribution is 0.0952. The highest BCUT2D eigenvalue weighted by molar-refractivity contribution is 5.95. The van der Waals surface area contributed by atoms with Crippen molar-refractivity contribution in [2.75, 3.05) is 6.54 Å². The molecule has 0 heterocycles. The fraction of sp³-hybridized carbons (Fsp3) is 0.188. The van der Waals surface area contributed by atoms with E-state index in [0.29, 0.717) is 17.7 Å². The molecule has 0 saturated carbocycles. The number of hydrogen-bond acceptors (Lipinski definition) is 2. The summed E-state index contributed by atoms with van der Waals surface area (Å²) in [6.45, 7) is 4.08. The molecule has 0 radical (unpaired) electrons. The van der Waals surface area contributed by atoms with Gasteiger partial charge < -0.3 is 10.4 Å². The summed E-state index contributed by atoms with van der Waals surface area (Å²) in [5.41, 5.74) is 2.24. The van der Waals surface area contributed by atoms with E-state index in [1.165, 1.54) is 12.1 Å². The molecule has 0 aliphatic carbocycles. The first kappa shape index (κ1) is 14.1. The molecule has 0 unspecified atom stereocenters. The lowest BCUT2D eigenvalue weighted by Gasteiger charge is -2.08. The second kappa shape index (κ2) is 5.74. The number of aromatic hydroxyl groups is 1.